The van der Waals surface area contributed by atoms with Gasteiger partial charge in [0.25, 0.3) is 0 Å². The van der Waals surface area contributed by atoms with Crippen molar-refractivity contribution in [3.8, 4) is 22.6 Å². The standard InChI is InChI=1S/C13H8ClF3O2/c14-10-3-1-2-8(6-10)9-4-5-12(11(18)7-9)19-13(15,16)17/h1-7,18H. The maximum Gasteiger partial charge on any atom is 0.573 e. The van der Waals surface area contributed by atoms with Gasteiger partial charge in [-0.2, -0.15) is 0 Å². The van der Waals surface area contributed by atoms with Crippen LogP contribution in [-0.4, -0.2) is 11.5 Å². The molecule has 2 aromatic rings. The predicted molar refractivity (Wildman–Crippen MR) is 65.2 cm³/mol. The molecule has 2 rings (SSSR count). The molecule has 0 aliphatic heterocycles. The van der Waals surface area contributed by atoms with Gasteiger partial charge in [0.2, 0.25) is 0 Å². The van der Waals surface area contributed by atoms with Crippen LogP contribution in [0.4, 0.5) is 13.2 Å². The van der Waals surface area contributed by atoms with Crippen LogP contribution >= 0.6 is 11.6 Å². The molecule has 0 aliphatic carbocycles. The molecule has 0 bridgehead atoms. The van der Waals surface area contributed by atoms with Gasteiger partial charge in [-0.1, -0.05) is 29.8 Å². The molecule has 2 aromatic carbocycles. The van der Waals surface area contributed by atoms with Crippen LogP contribution in [0, 0.1) is 0 Å². The lowest BCUT2D eigenvalue weighted by molar-refractivity contribution is -0.275. The van der Waals surface area contributed by atoms with Crippen molar-refractivity contribution in [1.29, 1.82) is 0 Å². The molecule has 0 saturated heterocycles. The topological polar surface area (TPSA) is 29.5 Å². The van der Waals surface area contributed by atoms with Gasteiger partial charge in [-0.3, -0.25) is 0 Å². The fourth-order valence-corrected chi connectivity index (χ4v) is 1.77. The van der Waals surface area contributed by atoms with Crippen molar-refractivity contribution < 1.29 is 23.0 Å². The quantitative estimate of drug-likeness (QED) is 0.874. The van der Waals surface area contributed by atoms with Gasteiger partial charge in [-0.15, -0.1) is 13.2 Å². The molecule has 0 saturated carbocycles. The maximum atomic E-state index is 12.0. The molecule has 0 amide bonds. The highest BCUT2D eigenvalue weighted by atomic mass is 35.5. The zero-order valence-corrected chi connectivity index (χ0v) is 10.2. The minimum Gasteiger partial charge on any atom is -0.504 e. The Morgan fingerprint density at radius 1 is 1.00 bits per heavy atom. The van der Waals surface area contributed by atoms with E-state index in [9.17, 15) is 18.3 Å². The molecule has 19 heavy (non-hydrogen) atoms. The zero-order chi connectivity index (χ0) is 14.0. The highest BCUT2D eigenvalue weighted by Crippen LogP contribution is 2.35. The second kappa shape index (κ2) is 5.01. The summed E-state index contributed by atoms with van der Waals surface area (Å²) in [6.07, 6.45) is -4.84. The number of halogens is 4. The predicted octanol–water partition coefficient (Wildman–Crippen LogP) is 4.61. The summed E-state index contributed by atoms with van der Waals surface area (Å²) in [6, 6.07) is 10.4. The lowest BCUT2D eigenvalue weighted by atomic mass is 10.1. The van der Waals surface area contributed by atoms with Gasteiger partial charge in [0, 0.05) is 5.02 Å². The summed E-state index contributed by atoms with van der Waals surface area (Å²) in [4.78, 5) is 0. The first-order chi connectivity index (χ1) is 8.85. The second-order valence-electron chi connectivity index (χ2n) is 3.74. The van der Waals surface area contributed by atoms with Gasteiger partial charge >= 0.3 is 6.36 Å². The SMILES string of the molecule is Oc1cc(-c2cccc(Cl)c2)ccc1OC(F)(F)F. The highest BCUT2D eigenvalue weighted by Gasteiger charge is 2.32. The fraction of sp³-hybridized carbons (Fsp3) is 0.0769. The van der Waals surface area contributed by atoms with Gasteiger partial charge in [-0.25, -0.2) is 0 Å². The first kappa shape index (κ1) is 13.5. The molecule has 100 valence electrons. The minimum atomic E-state index is -4.84. The third kappa shape index (κ3) is 3.54. The Kier molecular flexibility index (Phi) is 3.57. The molecule has 0 aliphatic rings. The Morgan fingerprint density at radius 3 is 2.26 bits per heavy atom. The Balaban J connectivity index is 2.34. The molecule has 0 spiro atoms. The van der Waals surface area contributed by atoms with Crippen LogP contribution in [0.1, 0.15) is 0 Å². The van der Waals surface area contributed by atoms with Crippen LogP contribution in [0.5, 0.6) is 11.5 Å². The van der Waals surface area contributed by atoms with E-state index in [1.165, 1.54) is 12.1 Å². The number of ether oxygens (including phenoxy) is 1. The smallest absolute Gasteiger partial charge is 0.504 e. The summed E-state index contributed by atoms with van der Waals surface area (Å²) in [5.74, 6) is -1.23. The Labute approximate surface area is 112 Å². The van der Waals surface area contributed by atoms with E-state index in [0.717, 1.165) is 6.07 Å². The van der Waals surface area contributed by atoms with E-state index in [1.807, 2.05) is 0 Å². The number of aromatic hydroxyl groups is 1. The molecule has 0 unspecified atom stereocenters. The molecule has 2 nitrogen and oxygen atoms in total. The molecule has 0 heterocycles. The summed E-state index contributed by atoms with van der Waals surface area (Å²) in [5.41, 5.74) is 1.22. The van der Waals surface area contributed by atoms with E-state index in [-0.39, 0.29) is 0 Å². The summed E-state index contributed by atoms with van der Waals surface area (Å²) in [6.45, 7) is 0. The van der Waals surface area contributed by atoms with Crippen LogP contribution < -0.4 is 4.74 Å². The first-order valence-corrected chi connectivity index (χ1v) is 5.58. The molecule has 0 fully saturated rings. The lowest BCUT2D eigenvalue weighted by Crippen LogP contribution is -2.17. The van der Waals surface area contributed by atoms with E-state index in [4.69, 9.17) is 11.6 Å². The molecule has 6 heteroatoms. The summed E-state index contributed by atoms with van der Waals surface area (Å²) >= 11 is 5.82. The Bertz CT molecular complexity index is 597. The normalized spacial score (nSPS) is 11.4. The average Bonchev–Trinajstić information content (AvgIpc) is 2.30. The minimum absolute atomic E-state index is 0.493. The molecular weight excluding hydrogens is 281 g/mol. The average molecular weight is 289 g/mol. The van der Waals surface area contributed by atoms with Crippen molar-refractivity contribution in [3.05, 3.63) is 47.5 Å². The molecular formula is C13H8ClF3O2. The molecule has 0 atom stereocenters. The number of hydrogen-bond acceptors (Lipinski definition) is 2. The largest absolute Gasteiger partial charge is 0.573 e. The van der Waals surface area contributed by atoms with Crippen molar-refractivity contribution in [1.82, 2.24) is 0 Å². The van der Waals surface area contributed by atoms with Gasteiger partial charge < -0.3 is 9.84 Å². The number of phenols is 1. The zero-order valence-electron chi connectivity index (χ0n) is 9.41. The Morgan fingerprint density at radius 2 is 1.68 bits per heavy atom. The van der Waals surface area contributed by atoms with Crippen molar-refractivity contribution in [2.75, 3.05) is 0 Å². The summed E-state index contributed by atoms with van der Waals surface area (Å²) in [5, 5.41) is 10.0. The van der Waals surface area contributed by atoms with E-state index in [1.54, 1.807) is 24.3 Å². The van der Waals surface area contributed by atoms with Gasteiger partial charge in [0.05, 0.1) is 0 Å². The van der Waals surface area contributed by atoms with Crippen LogP contribution in [0.15, 0.2) is 42.5 Å². The van der Waals surface area contributed by atoms with Crippen LogP contribution in [0.3, 0.4) is 0 Å². The number of benzene rings is 2. The van der Waals surface area contributed by atoms with Crippen LogP contribution in [-0.2, 0) is 0 Å². The molecule has 0 aromatic heterocycles. The van der Waals surface area contributed by atoms with Gasteiger partial charge in [0.15, 0.2) is 11.5 Å². The maximum absolute atomic E-state index is 12.0. The number of rotatable bonds is 2. The number of alkyl halides is 3. The van der Waals surface area contributed by atoms with E-state index in [2.05, 4.69) is 4.74 Å². The highest BCUT2D eigenvalue weighted by molar-refractivity contribution is 6.30. The van der Waals surface area contributed by atoms with Gasteiger partial charge in [-0.05, 0) is 35.4 Å². The van der Waals surface area contributed by atoms with E-state index >= 15 is 0 Å². The third-order valence-corrected chi connectivity index (χ3v) is 2.58. The van der Waals surface area contributed by atoms with Crippen molar-refractivity contribution in [2.24, 2.45) is 0 Å². The Hall–Kier alpha value is -1.88. The third-order valence-electron chi connectivity index (χ3n) is 2.34. The van der Waals surface area contributed by atoms with Crippen molar-refractivity contribution in [2.45, 2.75) is 6.36 Å². The first-order valence-electron chi connectivity index (χ1n) is 5.20. The monoisotopic (exact) mass is 288 g/mol. The second-order valence-corrected chi connectivity index (χ2v) is 4.18. The number of hydrogen-bond donors (Lipinski definition) is 1. The number of phenolic OH excluding ortho intramolecular Hbond substituents is 1. The lowest BCUT2D eigenvalue weighted by Gasteiger charge is -2.11. The molecule has 0 radical (unpaired) electrons. The summed E-state index contributed by atoms with van der Waals surface area (Å²) in [7, 11) is 0. The van der Waals surface area contributed by atoms with Crippen molar-refractivity contribution in [3.63, 3.8) is 0 Å². The van der Waals surface area contributed by atoms with Gasteiger partial charge in [0.1, 0.15) is 0 Å². The fourth-order valence-electron chi connectivity index (χ4n) is 1.58. The van der Waals surface area contributed by atoms with Crippen molar-refractivity contribution >= 4 is 11.6 Å². The molecule has 1 N–H and O–H groups in total. The summed E-state index contributed by atoms with van der Waals surface area (Å²) < 4.78 is 39.8. The van der Waals surface area contributed by atoms with Crippen LogP contribution in [0.25, 0.3) is 11.1 Å². The van der Waals surface area contributed by atoms with Crippen LogP contribution in [0.2, 0.25) is 5.02 Å². The van der Waals surface area contributed by atoms with E-state index < -0.39 is 17.9 Å². The van der Waals surface area contributed by atoms with E-state index in [0.29, 0.717) is 16.1 Å².